The molecule has 1 amide bonds. The summed E-state index contributed by atoms with van der Waals surface area (Å²) in [5.74, 6) is 0.0623. The number of esters is 1. The van der Waals surface area contributed by atoms with Crippen molar-refractivity contribution < 1.29 is 18.7 Å². The zero-order valence-electron chi connectivity index (χ0n) is 16.6. The van der Waals surface area contributed by atoms with Gasteiger partial charge in [-0.2, -0.15) is 0 Å². The normalized spacial score (nSPS) is 13.9. The fourth-order valence-electron chi connectivity index (χ4n) is 3.56. The Morgan fingerprint density at radius 3 is 2.86 bits per heavy atom. The molecule has 0 saturated carbocycles. The number of furan rings is 1. The Labute approximate surface area is 165 Å². The number of allylic oxidation sites excluding steroid dienone is 1. The van der Waals surface area contributed by atoms with Gasteiger partial charge in [0.05, 0.1) is 18.4 Å². The van der Waals surface area contributed by atoms with E-state index in [1.807, 2.05) is 30.5 Å². The summed E-state index contributed by atoms with van der Waals surface area (Å²) in [6.07, 6.45) is 9.52. The van der Waals surface area contributed by atoms with Crippen LogP contribution in [0.3, 0.4) is 0 Å². The van der Waals surface area contributed by atoms with Gasteiger partial charge in [-0.3, -0.25) is 4.79 Å². The second kappa shape index (κ2) is 9.44. The number of rotatable bonds is 8. The standard InChI is InChI=1S/C22H28N2O4/c1-16-13-20(17(2)24(16)14-19-9-6-12-27-19)22(26)28-15-21(25)23-11-10-18-7-4-3-5-8-18/h6-7,9,12-13H,3-5,8,10-11,14-15H2,1-2H3,(H,23,25). The predicted molar refractivity (Wildman–Crippen MR) is 106 cm³/mol. The van der Waals surface area contributed by atoms with Crippen LogP contribution in [-0.4, -0.2) is 29.6 Å². The van der Waals surface area contributed by atoms with Crippen LogP contribution >= 0.6 is 0 Å². The van der Waals surface area contributed by atoms with E-state index in [1.54, 1.807) is 12.3 Å². The summed E-state index contributed by atoms with van der Waals surface area (Å²) < 4.78 is 12.6. The highest BCUT2D eigenvalue weighted by molar-refractivity contribution is 5.92. The van der Waals surface area contributed by atoms with E-state index < -0.39 is 5.97 Å². The van der Waals surface area contributed by atoms with Crippen LogP contribution in [0.25, 0.3) is 0 Å². The Morgan fingerprint density at radius 1 is 1.29 bits per heavy atom. The molecule has 1 N–H and O–H groups in total. The molecule has 0 bridgehead atoms. The average molecular weight is 384 g/mol. The van der Waals surface area contributed by atoms with Gasteiger partial charge in [-0.1, -0.05) is 11.6 Å². The summed E-state index contributed by atoms with van der Waals surface area (Å²) >= 11 is 0. The Bertz CT molecular complexity index is 846. The van der Waals surface area contributed by atoms with Gasteiger partial charge in [0.2, 0.25) is 0 Å². The number of hydrogen-bond donors (Lipinski definition) is 1. The lowest BCUT2D eigenvalue weighted by molar-refractivity contribution is -0.124. The Hall–Kier alpha value is -2.76. The van der Waals surface area contributed by atoms with Gasteiger partial charge < -0.3 is 19.0 Å². The fourth-order valence-corrected chi connectivity index (χ4v) is 3.56. The minimum atomic E-state index is -0.482. The number of carbonyl (C=O) groups is 2. The quantitative estimate of drug-likeness (QED) is 0.553. The van der Waals surface area contributed by atoms with E-state index in [1.165, 1.54) is 18.4 Å². The van der Waals surface area contributed by atoms with E-state index in [9.17, 15) is 9.59 Å². The molecule has 6 heteroatoms. The molecule has 0 aliphatic heterocycles. The topological polar surface area (TPSA) is 73.5 Å². The first-order valence-electron chi connectivity index (χ1n) is 9.85. The molecule has 1 aliphatic carbocycles. The summed E-state index contributed by atoms with van der Waals surface area (Å²) in [5, 5.41) is 2.82. The molecule has 0 fully saturated rings. The highest BCUT2D eigenvalue weighted by atomic mass is 16.5. The first-order valence-corrected chi connectivity index (χ1v) is 9.85. The Balaban J connectivity index is 1.47. The number of hydrogen-bond acceptors (Lipinski definition) is 4. The minimum absolute atomic E-state index is 0.264. The van der Waals surface area contributed by atoms with Crippen LogP contribution in [0.2, 0.25) is 0 Å². The van der Waals surface area contributed by atoms with E-state index in [0.29, 0.717) is 18.7 Å². The SMILES string of the molecule is Cc1cc(C(=O)OCC(=O)NCCC2=CCCCC2)c(C)n1Cc1ccco1. The van der Waals surface area contributed by atoms with Crippen LogP contribution in [0.1, 0.15) is 59.6 Å². The molecule has 0 atom stereocenters. The molecule has 6 nitrogen and oxygen atoms in total. The van der Waals surface area contributed by atoms with Crippen molar-refractivity contribution in [1.29, 1.82) is 0 Å². The number of nitrogens with zero attached hydrogens (tertiary/aromatic N) is 1. The summed E-state index contributed by atoms with van der Waals surface area (Å²) in [6.45, 7) is 4.66. The fraction of sp³-hybridized carbons (Fsp3) is 0.455. The predicted octanol–water partition coefficient (Wildman–Crippen LogP) is 3.91. The van der Waals surface area contributed by atoms with Crippen molar-refractivity contribution in [2.75, 3.05) is 13.2 Å². The third-order valence-corrected chi connectivity index (χ3v) is 5.18. The van der Waals surface area contributed by atoms with Crippen LogP contribution in [0.15, 0.2) is 40.5 Å². The Kier molecular flexibility index (Phi) is 6.74. The van der Waals surface area contributed by atoms with Gasteiger partial charge in [0.1, 0.15) is 5.76 Å². The zero-order valence-corrected chi connectivity index (χ0v) is 16.6. The summed E-state index contributed by atoms with van der Waals surface area (Å²) in [5.41, 5.74) is 3.62. The second-order valence-corrected chi connectivity index (χ2v) is 7.23. The van der Waals surface area contributed by atoms with Crippen LogP contribution in [0.5, 0.6) is 0 Å². The van der Waals surface area contributed by atoms with Crippen molar-refractivity contribution in [3.05, 3.63) is 58.8 Å². The van der Waals surface area contributed by atoms with Crippen molar-refractivity contribution in [3.63, 3.8) is 0 Å². The number of nitrogens with one attached hydrogen (secondary N) is 1. The van der Waals surface area contributed by atoms with Gasteiger partial charge in [0.25, 0.3) is 5.91 Å². The largest absolute Gasteiger partial charge is 0.467 e. The molecule has 0 radical (unpaired) electrons. The van der Waals surface area contributed by atoms with E-state index in [-0.39, 0.29) is 12.5 Å². The minimum Gasteiger partial charge on any atom is -0.467 e. The average Bonchev–Trinajstić information content (AvgIpc) is 3.31. The van der Waals surface area contributed by atoms with Crippen LogP contribution < -0.4 is 5.32 Å². The number of carbonyl (C=O) groups excluding carboxylic acids is 2. The van der Waals surface area contributed by atoms with Crippen LogP contribution in [-0.2, 0) is 16.1 Å². The number of amides is 1. The molecule has 2 aromatic heterocycles. The molecule has 0 unspecified atom stereocenters. The maximum atomic E-state index is 12.4. The third kappa shape index (κ3) is 5.15. The van der Waals surface area contributed by atoms with Crippen molar-refractivity contribution in [3.8, 4) is 0 Å². The molecule has 1 aliphatic rings. The summed E-state index contributed by atoms with van der Waals surface area (Å²) in [7, 11) is 0. The van der Waals surface area contributed by atoms with E-state index in [2.05, 4.69) is 11.4 Å². The molecule has 150 valence electrons. The van der Waals surface area contributed by atoms with Gasteiger partial charge in [0.15, 0.2) is 6.61 Å². The summed E-state index contributed by atoms with van der Waals surface area (Å²) in [4.78, 5) is 24.4. The molecule has 2 heterocycles. The summed E-state index contributed by atoms with van der Waals surface area (Å²) in [6, 6.07) is 5.51. The van der Waals surface area contributed by atoms with Gasteiger partial charge in [-0.25, -0.2) is 4.79 Å². The second-order valence-electron chi connectivity index (χ2n) is 7.23. The number of aromatic nitrogens is 1. The first kappa shape index (κ1) is 20.0. The zero-order chi connectivity index (χ0) is 19.9. The molecule has 0 saturated heterocycles. The molecule has 28 heavy (non-hydrogen) atoms. The smallest absolute Gasteiger partial charge is 0.340 e. The lowest BCUT2D eigenvalue weighted by Crippen LogP contribution is -2.30. The van der Waals surface area contributed by atoms with Crippen LogP contribution in [0, 0.1) is 13.8 Å². The highest BCUT2D eigenvalue weighted by Crippen LogP contribution is 2.20. The van der Waals surface area contributed by atoms with Crippen molar-refractivity contribution in [1.82, 2.24) is 9.88 Å². The van der Waals surface area contributed by atoms with Crippen LogP contribution in [0.4, 0.5) is 0 Å². The molecule has 2 aromatic rings. The lowest BCUT2D eigenvalue weighted by Gasteiger charge is -2.13. The van der Waals surface area contributed by atoms with Gasteiger partial charge >= 0.3 is 5.97 Å². The van der Waals surface area contributed by atoms with Gasteiger partial charge in [-0.05, 0) is 64.2 Å². The highest BCUT2D eigenvalue weighted by Gasteiger charge is 2.18. The maximum Gasteiger partial charge on any atom is 0.340 e. The molecule has 0 spiro atoms. The van der Waals surface area contributed by atoms with Crippen molar-refractivity contribution in [2.45, 2.75) is 52.5 Å². The Morgan fingerprint density at radius 2 is 2.14 bits per heavy atom. The van der Waals surface area contributed by atoms with Crippen molar-refractivity contribution in [2.24, 2.45) is 0 Å². The first-order chi connectivity index (χ1) is 13.5. The molecular weight excluding hydrogens is 356 g/mol. The molecule has 0 aromatic carbocycles. The molecular formula is C22H28N2O4. The monoisotopic (exact) mass is 384 g/mol. The van der Waals surface area contributed by atoms with E-state index >= 15 is 0 Å². The maximum absolute atomic E-state index is 12.4. The number of ether oxygens (including phenoxy) is 1. The lowest BCUT2D eigenvalue weighted by atomic mass is 9.97. The third-order valence-electron chi connectivity index (χ3n) is 5.18. The van der Waals surface area contributed by atoms with Crippen molar-refractivity contribution >= 4 is 11.9 Å². The van der Waals surface area contributed by atoms with E-state index in [4.69, 9.17) is 9.15 Å². The van der Waals surface area contributed by atoms with Gasteiger partial charge in [0, 0.05) is 17.9 Å². The number of aryl methyl sites for hydroxylation is 1. The van der Waals surface area contributed by atoms with Gasteiger partial charge in [-0.15, -0.1) is 0 Å². The molecule has 3 rings (SSSR count). The van der Waals surface area contributed by atoms with E-state index in [0.717, 1.165) is 36.4 Å².